The Labute approximate surface area is 89.3 Å². The van der Waals surface area contributed by atoms with Crippen molar-refractivity contribution in [3.8, 4) is 6.07 Å². The van der Waals surface area contributed by atoms with Crippen molar-refractivity contribution in [1.29, 1.82) is 5.26 Å². The highest BCUT2D eigenvalue weighted by atomic mass is 16.3. The number of nitrogens with two attached hydrogens (primary N) is 1. The topological polar surface area (TPSA) is 82.1 Å². The van der Waals surface area contributed by atoms with Crippen molar-refractivity contribution in [3.63, 3.8) is 0 Å². The molecule has 1 unspecified atom stereocenters. The van der Waals surface area contributed by atoms with Crippen molar-refractivity contribution < 1.29 is 5.11 Å². The Morgan fingerprint density at radius 3 is 2.87 bits per heavy atom. The normalized spacial score (nSPS) is 11.8. The van der Waals surface area contributed by atoms with Crippen LogP contribution in [0, 0.1) is 11.3 Å². The summed E-state index contributed by atoms with van der Waals surface area (Å²) in [5.41, 5.74) is 7.35. The molecule has 4 heteroatoms. The highest BCUT2D eigenvalue weighted by Gasteiger charge is 2.07. The zero-order valence-electron chi connectivity index (χ0n) is 8.70. The summed E-state index contributed by atoms with van der Waals surface area (Å²) < 4.78 is 0. The molecular formula is C11H15N3O. The molecule has 0 radical (unpaired) electrons. The molecule has 1 aromatic carbocycles. The average Bonchev–Trinajstić information content (AvgIpc) is 2.27. The number of hydrogen-bond acceptors (Lipinski definition) is 4. The molecule has 0 saturated heterocycles. The van der Waals surface area contributed by atoms with Crippen molar-refractivity contribution in [2.45, 2.75) is 19.4 Å². The molecule has 0 amide bonds. The Morgan fingerprint density at radius 2 is 2.33 bits per heavy atom. The quantitative estimate of drug-likeness (QED) is 0.647. The third kappa shape index (κ3) is 2.86. The van der Waals surface area contributed by atoms with Crippen molar-refractivity contribution in [2.24, 2.45) is 0 Å². The maximum Gasteiger partial charge on any atom is 0.101 e. The lowest BCUT2D eigenvalue weighted by atomic mass is 10.1. The second kappa shape index (κ2) is 5.23. The molecule has 1 aromatic rings. The summed E-state index contributed by atoms with van der Waals surface area (Å²) >= 11 is 0. The number of aliphatic hydroxyl groups excluding tert-OH is 1. The van der Waals surface area contributed by atoms with Crippen LogP contribution in [0.2, 0.25) is 0 Å². The fourth-order valence-electron chi connectivity index (χ4n) is 1.28. The van der Waals surface area contributed by atoms with E-state index in [9.17, 15) is 0 Å². The summed E-state index contributed by atoms with van der Waals surface area (Å²) in [5.74, 6) is 0. The van der Waals surface area contributed by atoms with Crippen molar-refractivity contribution in [1.82, 2.24) is 0 Å². The van der Waals surface area contributed by atoms with Gasteiger partial charge in [-0.2, -0.15) is 5.26 Å². The molecule has 0 saturated carbocycles. The van der Waals surface area contributed by atoms with Crippen LogP contribution in [0.1, 0.15) is 18.9 Å². The van der Waals surface area contributed by atoms with Crippen LogP contribution in [0.15, 0.2) is 18.2 Å². The second-order valence-corrected chi connectivity index (χ2v) is 3.35. The molecule has 0 spiro atoms. The van der Waals surface area contributed by atoms with Crippen LogP contribution < -0.4 is 11.1 Å². The van der Waals surface area contributed by atoms with E-state index in [2.05, 4.69) is 11.4 Å². The van der Waals surface area contributed by atoms with Crippen molar-refractivity contribution >= 4 is 11.4 Å². The van der Waals surface area contributed by atoms with E-state index < -0.39 is 0 Å². The van der Waals surface area contributed by atoms with Crippen LogP contribution in [0.5, 0.6) is 0 Å². The molecule has 15 heavy (non-hydrogen) atoms. The van der Waals surface area contributed by atoms with Crippen molar-refractivity contribution in [3.05, 3.63) is 23.8 Å². The molecule has 0 aliphatic rings. The van der Waals surface area contributed by atoms with Gasteiger partial charge in [0.05, 0.1) is 17.9 Å². The Bertz CT molecular complexity index is 367. The SMILES string of the molecule is CCC(CO)Nc1ccc(N)cc1C#N. The number of aliphatic hydroxyl groups is 1. The number of nitrogen functional groups attached to an aromatic ring is 1. The fourth-order valence-corrected chi connectivity index (χ4v) is 1.28. The van der Waals surface area contributed by atoms with Gasteiger partial charge in [-0.15, -0.1) is 0 Å². The lowest BCUT2D eigenvalue weighted by Crippen LogP contribution is -2.23. The van der Waals surface area contributed by atoms with Gasteiger partial charge < -0.3 is 16.2 Å². The number of nitrogens with zero attached hydrogens (tertiary/aromatic N) is 1. The first-order valence-corrected chi connectivity index (χ1v) is 4.88. The lowest BCUT2D eigenvalue weighted by Gasteiger charge is -2.16. The molecule has 0 aliphatic carbocycles. The van der Waals surface area contributed by atoms with Crippen LogP contribution >= 0.6 is 0 Å². The molecule has 0 heterocycles. The lowest BCUT2D eigenvalue weighted by molar-refractivity contribution is 0.272. The number of anilines is 2. The second-order valence-electron chi connectivity index (χ2n) is 3.35. The molecule has 80 valence electrons. The summed E-state index contributed by atoms with van der Waals surface area (Å²) in [6, 6.07) is 7.14. The monoisotopic (exact) mass is 205 g/mol. The van der Waals surface area contributed by atoms with Crippen LogP contribution in [0.3, 0.4) is 0 Å². The third-order valence-electron chi connectivity index (χ3n) is 2.24. The fraction of sp³-hybridized carbons (Fsp3) is 0.364. The standard InChI is InChI=1S/C11H15N3O/c1-2-10(7-15)14-11-4-3-9(13)5-8(11)6-12/h3-5,10,14-15H,2,7,13H2,1H3. The van der Waals surface area contributed by atoms with Gasteiger partial charge in [-0.05, 0) is 24.6 Å². The molecule has 1 atom stereocenters. The van der Waals surface area contributed by atoms with E-state index in [0.717, 1.165) is 6.42 Å². The van der Waals surface area contributed by atoms with Gasteiger partial charge >= 0.3 is 0 Å². The highest BCUT2D eigenvalue weighted by molar-refractivity contribution is 5.63. The van der Waals surface area contributed by atoms with E-state index in [0.29, 0.717) is 16.9 Å². The van der Waals surface area contributed by atoms with Gasteiger partial charge in [-0.3, -0.25) is 0 Å². The zero-order valence-corrected chi connectivity index (χ0v) is 8.70. The predicted molar refractivity (Wildman–Crippen MR) is 60.4 cm³/mol. The Balaban J connectivity index is 2.90. The number of benzene rings is 1. The van der Waals surface area contributed by atoms with Gasteiger partial charge in [-0.25, -0.2) is 0 Å². The van der Waals surface area contributed by atoms with Crippen LogP contribution in [0.4, 0.5) is 11.4 Å². The van der Waals surface area contributed by atoms with E-state index in [1.165, 1.54) is 0 Å². The van der Waals surface area contributed by atoms with Gasteiger partial charge in [-0.1, -0.05) is 6.92 Å². The highest BCUT2D eigenvalue weighted by Crippen LogP contribution is 2.19. The Morgan fingerprint density at radius 1 is 1.60 bits per heavy atom. The summed E-state index contributed by atoms with van der Waals surface area (Å²) in [4.78, 5) is 0. The van der Waals surface area contributed by atoms with Gasteiger partial charge in [0.25, 0.3) is 0 Å². The van der Waals surface area contributed by atoms with Crippen LogP contribution in [-0.4, -0.2) is 17.8 Å². The molecule has 0 aromatic heterocycles. The summed E-state index contributed by atoms with van der Waals surface area (Å²) in [6.45, 7) is 2.02. The zero-order chi connectivity index (χ0) is 11.3. The largest absolute Gasteiger partial charge is 0.399 e. The molecule has 0 aliphatic heterocycles. The number of hydrogen-bond donors (Lipinski definition) is 3. The molecular weight excluding hydrogens is 190 g/mol. The van der Waals surface area contributed by atoms with Gasteiger partial charge in [0.1, 0.15) is 6.07 Å². The van der Waals surface area contributed by atoms with Crippen LogP contribution in [0.25, 0.3) is 0 Å². The minimum absolute atomic E-state index is 0.0271. The van der Waals surface area contributed by atoms with Crippen molar-refractivity contribution in [2.75, 3.05) is 17.7 Å². The Hall–Kier alpha value is -1.73. The average molecular weight is 205 g/mol. The first kappa shape index (κ1) is 11.3. The predicted octanol–water partition coefficient (Wildman–Crippen LogP) is 1.32. The van der Waals surface area contributed by atoms with E-state index in [4.69, 9.17) is 16.1 Å². The van der Waals surface area contributed by atoms with E-state index >= 15 is 0 Å². The van der Waals surface area contributed by atoms with Gasteiger partial charge in [0.2, 0.25) is 0 Å². The maximum atomic E-state index is 9.04. The summed E-state index contributed by atoms with van der Waals surface area (Å²) in [7, 11) is 0. The van der Waals surface area contributed by atoms with E-state index in [1.54, 1.807) is 18.2 Å². The van der Waals surface area contributed by atoms with Gasteiger partial charge in [0.15, 0.2) is 0 Å². The molecule has 1 rings (SSSR count). The molecule has 0 bridgehead atoms. The minimum Gasteiger partial charge on any atom is -0.399 e. The molecule has 4 N–H and O–H groups in total. The molecule has 4 nitrogen and oxygen atoms in total. The number of nitriles is 1. The number of rotatable bonds is 4. The first-order chi connectivity index (χ1) is 7.21. The number of nitrogens with one attached hydrogen (secondary N) is 1. The third-order valence-corrected chi connectivity index (χ3v) is 2.24. The van der Waals surface area contributed by atoms with E-state index in [1.807, 2.05) is 6.92 Å². The maximum absolute atomic E-state index is 9.04. The minimum atomic E-state index is -0.0271. The Kier molecular flexibility index (Phi) is 3.95. The molecule has 0 fully saturated rings. The van der Waals surface area contributed by atoms with E-state index in [-0.39, 0.29) is 12.6 Å². The first-order valence-electron chi connectivity index (χ1n) is 4.88. The summed E-state index contributed by atoms with van der Waals surface area (Å²) in [6.07, 6.45) is 0.797. The van der Waals surface area contributed by atoms with Crippen LogP contribution in [-0.2, 0) is 0 Å². The van der Waals surface area contributed by atoms with Gasteiger partial charge in [0, 0.05) is 11.7 Å². The smallest absolute Gasteiger partial charge is 0.101 e. The summed E-state index contributed by atoms with van der Waals surface area (Å²) in [5, 5.41) is 21.0.